The predicted molar refractivity (Wildman–Crippen MR) is 60.1 cm³/mol. The highest BCUT2D eigenvalue weighted by molar-refractivity contribution is 5.94. The van der Waals surface area contributed by atoms with Gasteiger partial charge in [-0.3, -0.25) is 9.78 Å². The maximum Gasteiger partial charge on any atom is 0.253 e. The average molecular weight is 220 g/mol. The van der Waals surface area contributed by atoms with Gasteiger partial charge in [-0.25, -0.2) is 0 Å². The lowest BCUT2D eigenvalue weighted by Gasteiger charge is -2.29. The molecule has 86 valence electrons. The molecule has 0 radical (unpaired) electrons. The number of aliphatic hydroxyl groups is 1. The zero-order valence-corrected chi connectivity index (χ0v) is 9.39. The molecular formula is C12H16N2O2. The fraction of sp³-hybridized carbons (Fsp3) is 0.500. The third-order valence-corrected chi connectivity index (χ3v) is 2.90. The molecule has 2 heterocycles. The summed E-state index contributed by atoms with van der Waals surface area (Å²) in [5, 5.41) is 9.38. The van der Waals surface area contributed by atoms with E-state index in [1.54, 1.807) is 23.2 Å². The molecule has 0 bridgehead atoms. The van der Waals surface area contributed by atoms with Crippen LogP contribution in [0.3, 0.4) is 0 Å². The van der Waals surface area contributed by atoms with Gasteiger partial charge < -0.3 is 10.0 Å². The second kappa shape index (κ2) is 4.61. The summed E-state index contributed by atoms with van der Waals surface area (Å²) in [7, 11) is 0. The molecule has 1 aromatic rings. The van der Waals surface area contributed by atoms with Gasteiger partial charge in [-0.1, -0.05) is 0 Å². The Morgan fingerprint density at radius 2 is 2.19 bits per heavy atom. The molecule has 1 aliphatic heterocycles. The summed E-state index contributed by atoms with van der Waals surface area (Å²) in [5.74, 6) is 0.0393. The lowest BCUT2D eigenvalue weighted by atomic mass is 10.1. The van der Waals surface area contributed by atoms with Crippen molar-refractivity contribution in [2.75, 3.05) is 13.1 Å². The topological polar surface area (TPSA) is 53.4 Å². The number of hydrogen-bond donors (Lipinski definition) is 1. The van der Waals surface area contributed by atoms with Crippen LogP contribution < -0.4 is 0 Å². The first-order chi connectivity index (χ1) is 7.66. The van der Waals surface area contributed by atoms with Crippen LogP contribution in [0.4, 0.5) is 0 Å². The fourth-order valence-electron chi connectivity index (χ4n) is 1.93. The van der Waals surface area contributed by atoms with Gasteiger partial charge in [-0.15, -0.1) is 0 Å². The number of aryl methyl sites for hydroxylation is 1. The van der Waals surface area contributed by atoms with Crippen molar-refractivity contribution in [3.8, 4) is 0 Å². The normalized spacial score (nSPS) is 17.5. The predicted octanol–water partition coefficient (Wildman–Crippen LogP) is 0.987. The summed E-state index contributed by atoms with van der Waals surface area (Å²) in [6.07, 6.45) is 2.76. The molecular weight excluding hydrogens is 204 g/mol. The monoisotopic (exact) mass is 220 g/mol. The van der Waals surface area contributed by atoms with Gasteiger partial charge in [0.15, 0.2) is 0 Å². The Balaban J connectivity index is 2.08. The number of nitrogens with zero attached hydrogens (tertiary/aromatic N) is 2. The van der Waals surface area contributed by atoms with Gasteiger partial charge in [0.05, 0.1) is 6.10 Å². The number of carbonyl (C=O) groups excluding carboxylic acids is 1. The molecule has 1 N–H and O–H groups in total. The molecule has 0 spiro atoms. The number of pyridine rings is 1. The fourth-order valence-corrected chi connectivity index (χ4v) is 1.93. The number of piperidine rings is 1. The van der Waals surface area contributed by atoms with Crippen molar-refractivity contribution in [2.24, 2.45) is 0 Å². The highest BCUT2D eigenvalue weighted by atomic mass is 16.3. The van der Waals surface area contributed by atoms with Crippen molar-refractivity contribution in [2.45, 2.75) is 25.9 Å². The quantitative estimate of drug-likeness (QED) is 0.767. The maximum absolute atomic E-state index is 12.1. The van der Waals surface area contributed by atoms with E-state index in [2.05, 4.69) is 4.98 Å². The molecule has 2 rings (SSSR count). The van der Waals surface area contributed by atoms with E-state index in [-0.39, 0.29) is 12.0 Å². The van der Waals surface area contributed by atoms with Gasteiger partial charge in [0.2, 0.25) is 0 Å². The molecule has 1 aliphatic rings. The van der Waals surface area contributed by atoms with Crippen LogP contribution in [0, 0.1) is 6.92 Å². The number of amides is 1. The van der Waals surface area contributed by atoms with Crippen LogP contribution in [-0.4, -0.2) is 40.1 Å². The molecule has 0 aromatic carbocycles. The zero-order chi connectivity index (χ0) is 11.5. The summed E-state index contributed by atoms with van der Waals surface area (Å²) in [5.41, 5.74) is 1.53. The lowest BCUT2D eigenvalue weighted by Crippen LogP contribution is -2.40. The molecule has 1 saturated heterocycles. The Bertz CT molecular complexity index is 384. The number of aromatic nitrogens is 1. The van der Waals surface area contributed by atoms with E-state index in [0.717, 1.165) is 5.69 Å². The molecule has 0 unspecified atom stereocenters. The van der Waals surface area contributed by atoms with E-state index in [0.29, 0.717) is 31.5 Å². The maximum atomic E-state index is 12.1. The molecule has 1 fully saturated rings. The van der Waals surface area contributed by atoms with Crippen LogP contribution in [0.15, 0.2) is 18.3 Å². The van der Waals surface area contributed by atoms with Crippen molar-refractivity contribution in [3.05, 3.63) is 29.6 Å². The van der Waals surface area contributed by atoms with Crippen molar-refractivity contribution >= 4 is 5.91 Å². The summed E-state index contributed by atoms with van der Waals surface area (Å²) in [6, 6.07) is 3.54. The third kappa shape index (κ3) is 2.39. The number of carbonyl (C=O) groups is 1. The average Bonchev–Trinajstić information content (AvgIpc) is 2.29. The van der Waals surface area contributed by atoms with Gasteiger partial charge >= 0.3 is 0 Å². The Morgan fingerprint density at radius 3 is 2.81 bits per heavy atom. The summed E-state index contributed by atoms with van der Waals surface area (Å²) < 4.78 is 0. The first-order valence-corrected chi connectivity index (χ1v) is 5.57. The Kier molecular flexibility index (Phi) is 3.19. The molecule has 16 heavy (non-hydrogen) atoms. The zero-order valence-electron chi connectivity index (χ0n) is 9.39. The van der Waals surface area contributed by atoms with Crippen LogP contribution in [0.1, 0.15) is 28.9 Å². The molecule has 0 saturated carbocycles. The molecule has 0 aliphatic carbocycles. The minimum absolute atomic E-state index is 0.0393. The van der Waals surface area contributed by atoms with Gasteiger partial charge in [-0.2, -0.15) is 0 Å². The molecule has 1 aromatic heterocycles. The van der Waals surface area contributed by atoms with Crippen LogP contribution in [-0.2, 0) is 0 Å². The number of rotatable bonds is 1. The van der Waals surface area contributed by atoms with Crippen molar-refractivity contribution < 1.29 is 9.90 Å². The van der Waals surface area contributed by atoms with Crippen LogP contribution in [0.25, 0.3) is 0 Å². The SMILES string of the molecule is Cc1cc(C(=O)N2CCC(O)CC2)ccn1. The highest BCUT2D eigenvalue weighted by Crippen LogP contribution is 2.13. The minimum Gasteiger partial charge on any atom is -0.393 e. The number of aliphatic hydroxyl groups excluding tert-OH is 1. The van der Waals surface area contributed by atoms with Crippen molar-refractivity contribution in [1.29, 1.82) is 0 Å². The van der Waals surface area contributed by atoms with Gasteiger partial charge in [0.25, 0.3) is 5.91 Å². The molecule has 1 amide bonds. The second-order valence-corrected chi connectivity index (χ2v) is 4.21. The summed E-state index contributed by atoms with van der Waals surface area (Å²) >= 11 is 0. The van der Waals surface area contributed by atoms with E-state index >= 15 is 0 Å². The Morgan fingerprint density at radius 1 is 1.50 bits per heavy atom. The Labute approximate surface area is 94.9 Å². The standard InChI is InChI=1S/C12H16N2O2/c1-9-8-10(2-5-13-9)12(16)14-6-3-11(15)4-7-14/h2,5,8,11,15H,3-4,6-7H2,1H3. The van der Waals surface area contributed by atoms with E-state index in [4.69, 9.17) is 0 Å². The lowest BCUT2D eigenvalue weighted by molar-refractivity contribution is 0.0546. The molecule has 4 heteroatoms. The third-order valence-electron chi connectivity index (χ3n) is 2.90. The van der Waals surface area contributed by atoms with Crippen LogP contribution >= 0.6 is 0 Å². The van der Waals surface area contributed by atoms with Crippen LogP contribution in [0.2, 0.25) is 0 Å². The minimum atomic E-state index is -0.247. The largest absolute Gasteiger partial charge is 0.393 e. The van der Waals surface area contributed by atoms with E-state index in [1.807, 2.05) is 6.92 Å². The first-order valence-electron chi connectivity index (χ1n) is 5.57. The van der Waals surface area contributed by atoms with Crippen molar-refractivity contribution in [3.63, 3.8) is 0 Å². The second-order valence-electron chi connectivity index (χ2n) is 4.21. The molecule has 0 atom stereocenters. The van der Waals surface area contributed by atoms with Gasteiger partial charge in [0, 0.05) is 30.5 Å². The highest BCUT2D eigenvalue weighted by Gasteiger charge is 2.22. The van der Waals surface area contributed by atoms with Gasteiger partial charge in [-0.05, 0) is 31.9 Å². The first kappa shape index (κ1) is 11.1. The summed E-state index contributed by atoms with van der Waals surface area (Å²) in [4.78, 5) is 17.9. The van der Waals surface area contributed by atoms with Crippen LogP contribution in [0.5, 0.6) is 0 Å². The number of hydrogen-bond acceptors (Lipinski definition) is 3. The van der Waals surface area contributed by atoms with E-state index < -0.39 is 0 Å². The van der Waals surface area contributed by atoms with Gasteiger partial charge in [0.1, 0.15) is 0 Å². The molecule has 4 nitrogen and oxygen atoms in total. The van der Waals surface area contributed by atoms with E-state index in [1.165, 1.54) is 0 Å². The van der Waals surface area contributed by atoms with E-state index in [9.17, 15) is 9.90 Å². The smallest absolute Gasteiger partial charge is 0.253 e. The number of likely N-dealkylation sites (tertiary alicyclic amines) is 1. The van der Waals surface area contributed by atoms with Crippen molar-refractivity contribution in [1.82, 2.24) is 9.88 Å². The Hall–Kier alpha value is -1.42. The summed E-state index contributed by atoms with van der Waals surface area (Å²) in [6.45, 7) is 3.15.